The molecule has 112 valence electrons. The van der Waals surface area contributed by atoms with Crippen molar-refractivity contribution in [3.05, 3.63) is 52.0 Å². The van der Waals surface area contributed by atoms with Gasteiger partial charge in [0.1, 0.15) is 0 Å². The quantitative estimate of drug-likeness (QED) is 0.825. The summed E-state index contributed by atoms with van der Waals surface area (Å²) in [4.78, 5) is 0.0771. The Morgan fingerprint density at radius 1 is 1.14 bits per heavy atom. The molecule has 0 atom stereocenters. The summed E-state index contributed by atoms with van der Waals surface area (Å²) in [5.74, 6) is 0. The minimum Gasteiger partial charge on any atom is -0.398 e. The Labute approximate surface area is 133 Å². The molecule has 0 saturated heterocycles. The number of hydrogen-bond donors (Lipinski definition) is 2. The number of rotatable bonds is 4. The Kier molecular flexibility index (Phi) is 4.66. The molecular weight excluding hydrogens is 331 g/mol. The predicted octanol–water partition coefficient (Wildman–Crippen LogP) is 3.94. The number of hydrogen-bond acceptors (Lipinski definition) is 3. The zero-order valence-electron chi connectivity index (χ0n) is 11.2. The standard InChI is InChI=1S/C14H14Cl2N2O2S/c1-2-9-3-5-11(8-13(9)17)21(19,20)18-14-7-10(15)4-6-12(14)16/h3-8,18H,2,17H2,1H3. The van der Waals surface area contributed by atoms with E-state index in [-0.39, 0.29) is 15.6 Å². The fourth-order valence-corrected chi connectivity index (χ4v) is 3.34. The van der Waals surface area contributed by atoms with Gasteiger partial charge in [-0.1, -0.05) is 36.2 Å². The lowest BCUT2D eigenvalue weighted by Crippen LogP contribution is -2.14. The fraction of sp³-hybridized carbons (Fsp3) is 0.143. The van der Waals surface area contributed by atoms with Gasteiger partial charge in [-0.15, -0.1) is 0 Å². The summed E-state index contributed by atoms with van der Waals surface area (Å²) in [6.07, 6.45) is 0.736. The van der Waals surface area contributed by atoms with E-state index in [9.17, 15) is 8.42 Å². The van der Waals surface area contributed by atoms with Crippen LogP contribution in [0.3, 0.4) is 0 Å². The molecular formula is C14H14Cl2N2O2S. The molecule has 0 aromatic heterocycles. The van der Waals surface area contributed by atoms with Crippen molar-refractivity contribution >= 4 is 44.6 Å². The van der Waals surface area contributed by atoms with Crippen LogP contribution in [0.4, 0.5) is 11.4 Å². The lowest BCUT2D eigenvalue weighted by atomic mass is 10.1. The van der Waals surface area contributed by atoms with Crippen molar-refractivity contribution in [2.75, 3.05) is 10.5 Å². The van der Waals surface area contributed by atoms with Crippen LogP contribution in [0.5, 0.6) is 0 Å². The molecule has 4 nitrogen and oxygen atoms in total. The van der Waals surface area contributed by atoms with Gasteiger partial charge < -0.3 is 5.73 Å². The summed E-state index contributed by atoms with van der Waals surface area (Å²) in [7, 11) is -3.77. The molecule has 7 heteroatoms. The van der Waals surface area contributed by atoms with Crippen molar-refractivity contribution in [2.24, 2.45) is 0 Å². The van der Waals surface area contributed by atoms with Crippen LogP contribution in [-0.2, 0) is 16.4 Å². The first-order valence-corrected chi connectivity index (χ1v) is 8.43. The van der Waals surface area contributed by atoms with Crippen LogP contribution in [0.15, 0.2) is 41.3 Å². The lowest BCUT2D eigenvalue weighted by molar-refractivity contribution is 0.601. The topological polar surface area (TPSA) is 72.2 Å². The largest absolute Gasteiger partial charge is 0.398 e. The number of nitrogens with two attached hydrogens (primary N) is 1. The molecule has 0 unspecified atom stereocenters. The highest BCUT2D eigenvalue weighted by atomic mass is 35.5. The number of anilines is 2. The highest BCUT2D eigenvalue weighted by Gasteiger charge is 2.17. The summed E-state index contributed by atoms with van der Waals surface area (Å²) in [6.45, 7) is 1.95. The van der Waals surface area contributed by atoms with Gasteiger partial charge >= 0.3 is 0 Å². The molecule has 0 amide bonds. The van der Waals surface area contributed by atoms with E-state index in [1.165, 1.54) is 24.3 Å². The van der Waals surface area contributed by atoms with Crippen molar-refractivity contribution in [3.63, 3.8) is 0 Å². The minimum absolute atomic E-state index is 0.0771. The summed E-state index contributed by atoms with van der Waals surface area (Å²) in [5, 5.41) is 0.652. The molecule has 2 aromatic carbocycles. The maximum Gasteiger partial charge on any atom is 0.262 e. The number of halogens is 2. The molecule has 0 aliphatic rings. The van der Waals surface area contributed by atoms with Crippen molar-refractivity contribution in [1.82, 2.24) is 0 Å². The fourth-order valence-electron chi connectivity index (χ4n) is 1.84. The van der Waals surface area contributed by atoms with E-state index in [0.717, 1.165) is 12.0 Å². The van der Waals surface area contributed by atoms with Gasteiger partial charge in [-0.05, 0) is 42.3 Å². The molecule has 3 N–H and O–H groups in total. The molecule has 0 aliphatic carbocycles. The van der Waals surface area contributed by atoms with Crippen LogP contribution in [-0.4, -0.2) is 8.42 Å². The molecule has 2 aromatic rings. The minimum atomic E-state index is -3.77. The Morgan fingerprint density at radius 2 is 1.86 bits per heavy atom. The first-order valence-electron chi connectivity index (χ1n) is 6.19. The molecule has 2 rings (SSSR count). The van der Waals surface area contributed by atoms with E-state index >= 15 is 0 Å². The number of sulfonamides is 1. The zero-order valence-corrected chi connectivity index (χ0v) is 13.6. The van der Waals surface area contributed by atoms with Gasteiger partial charge in [0.2, 0.25) is 0 Å². The number of aryl methyl sites for hydroxylation is 1. The van der Waals surface area contributed by atoms with Gasteiger partial charge in [0, 0.05) is 10.7 Å². The lowest BCUT2D eigenvalue weighted by Gasteiger charge is -2.11. The third-order valence-corrected chi connectivity index (χ3v) is 4.91. The first-order chi connectivity index (χ1) is 9.83. The van der Waals surface area contributed by atoms with Gasteiger partial charge in [-0.2, -0.15) is 0 Å². The van der Waals surface area contributed by atoms with Gasteiger partial charge in [0.25, 0.3) is 10.0 Å². The van der Waals surface area contributed by atoms with Crippen LogP contribution >= 0.6 is 23.2 Å². The highest BCUT2D eigenvalue weighted by molar-refractivity contribution is 7.92. The Hall–Kier alpha value is -1.43. The van der Waals surface area contributed by atoms with E-state index in [4.69, 9.17) is 28.9 Å². The molecule has 0 saturated carbocycles. The van der Waals surface area contributed by atoms with Crippen LogP contribution in [0, 0.1) is 0 Å². The average Bonchev–Trinajstić information content (AvgIpc) is 2.42. The molecule has 0 heterocycles. The Balaban J connectivity index is 2.38. The van der Waals surface area contributed by atoms with Crippen molar-refractivity contribution in [1.29, 1.82) is 0 Å². The zero-order chi connectivity index (χ0) is 15.6. The van der Waals surface area contributed by atoms with E-state index in [2.05, 4.69) is 4.72 Å². The summed E-state index contributed by atoms with van der Waals surface area (Å²) >= 11 is 11.8. The van der Waals surface area contributed by atoms with Crippen LogP contribution < -0.4 is 10.5 Å². The molecule has 0 bridgehead atoms. The van der Waals surface area contributed by atoms with Crippen molar-refractivity contribution in [3.8, 4) is 0 Å². The number of benzene rings is 2. The van der Waals surface area contributed by atoms with Gasteiger partial charge in [0.05, 0.1) is 15.6 Å². The number of nitrogen functional groups attached to an aromatic ring is 1. The second kappa shape index (κ2) is 6.13. The van der Waals surface area contributed by atoms with Crippen LogP contribution in [0.2, 0.25) is 10.0 Å². The maximum absolute atomic E-state index is 12.3. The average molecular weight is 345 g/mol. The molecule has 0 aliphatic heterocycles. The number of nitrogens with one attached hydrogen (secondary N) is 1. The maximum atomic E-state index is 12.3. The third kappa shape index (κ3) is 3.61. The Morgan fingerprint density at radius 3 is 2.48 bits per heavy atom. The summed E-state index contributed by atoms with van der Waals surface area (Å²) < 4.78 is 27.1. The molecule has 0 spiro atoms. The molecule has 0 fully saturated rings. The SMILES string of the molecule is CCc1ccc(S(=O)(=O)Nc2cc(Cl)ccc2Cl)cc1N. The smallest absolute Gasteiger partial charge is 0.262 e. The van der Waals surface area contributed by atoms with E-state index in [0.29, 0.717) is 10.7 Å². The second-order valence-corrected chi connectivity index (χ2v) is 6.97. The van der Waals surface area contributed by atoms with E-state index in [1.807, 2.05) is 6.92 Å². The first kappa shape index (κ1) is 15.9. The Bertz CT molecular complexity index is 777. The van der Waals surface area contributed by atoms with Gasteiger partial charge in [-0.3, -0.25) is 4.72 Å². The molecule has 0 radical (unpaired) electrons. The monoisotopic (exact) mass is 344 g/mol. The summed E-state index contributed by atoms with van der Waals surface area (Å²) in [5.41, 5.74) is 7.40. The summed E-state index contributed by atoms with van der Waals surface area (Å²) in [6, 6.07) is 9.19. The van der Waals surface area contributed by atoms with Gasteiger partial charge in [0.15, 0.2) is 0 Å². The van der Waals surface area contributed by atoms with Crippen molar-refractivity contribution in [2.45, 2.75) is 18.2 Å². The second-order valence-electron chi connectivity index (χ2n) is 4.44. The third-order valence-electron chi connectivity index (χ3n) is 2.98. The van der Waals surface area contributed by atoms with Crippen LogP contribution in [0.25, 0.3) is 0 Å². The van der Waals surface area contributed by atoms with Crippen molar-refractivity contribution < 1.29 is 8.42 Å². The highest BCUT2D eigenvalue weighted by Crippen LogP contribution is 2.28. The van der Waals surface area contributed by atoms with Crippen LogP contribution in [0.1, 0.15) is 12.5 Å². The van der Waals surface area contributed by atoms with E-state index < -0.39 is 10.0 Å². The van der Waals surface area contributed by atoms with E-state index in [1.54, 1.807) is 12.1 Å². The van der Waals surface area contributed by atoms with Gasteiger partial charge in [-0.25, -0.2) is 8.42 Å². The normalized spacial score (nSPS) is 11.4. The predicted molar refractivity (Wildman–Crippen MR) is 87.5 cm³/mol. The molecule has 21 heavy (non-hydrogen) atoms.